The molecule has 0 fully saturated rings. The van der Waals surface area contributed by atoms with E-state index in [4.69, 9.17) is 9.47 Å². The molecule has 0 spiro atoms. The highest BCUT2D eigenvalue weighted by molar-refractivity contribution is 5.88. The molecule has 0 aromatic heterocycles. The molecule has 2 aromatic rings. The number of benzene rings is 2. The molecule has 0 radical (unpaired) electrons. The van der Waals surface area contributed by atoms with Crippen molar-refractivity contribution in [1.29, 1.82) is 0 Å². The number of aryl methyl sites for hydroxylation is 1. The largest absolute Gasteiger partial charge is 0.497 e. The van der Waals surface area contributed by atoms with E-state index in [9.17, 15) is 9.59 Å². The van der Waals surface area contributed by atoms with Crippen molar-refractivity contribution in [2.75, 3.05) is 20.3 Å². The fraction of sp³-hybridized carbons (Fsp3) is 0.417. The lowest BCUT2D eigenvalue weighted by atomic mass is 10.1. The van der Waals surface area contributed by atoms with E-state index in [1.807, 2.05) is 70.2 Å². The van der Waals surface area contributed by atoms with Gasteiger partial charge in [0.1, 0.15) is 17.5 Å². The number of likely N-dealkylation sites (N-methyl/N-ethyl adjacent to an activating group) is 1. The van der Waals surface area contributed by atoms with Crippen LogP contribution in [0.2, 0.25) is 0 Å². The van der Waals surface area contributed by atoms with Crippen molar-refractivity contribution in [1.82, 2.24) is 10.2 Å². The number of carbonyl (C=O) groups excluding carboxylic acids is 2. The molecule has 0 bridgehead atoms. The first-order valence-electron chi connectivity index (χ1n) is 10.3. The average molecular weight is 413 g/mol. The van der Waals surface area contributed by atoms with E-state index in [1.54, 1.807) is 12.0 Å². The zero-order valence-electron chi connectivity index (χ0n) is 18.5. The van der Waals surface area contributed by atoms with Crippen LogP contribution in [0.15, 0.2) is 42.5 Å². The Kier molecular flexibility index (Phi) is 8.71. The van der Waals surface area contributed by atoms with Crippen molar-refractivity contribution in [3.05, 3.63) is 59.2 Å². The Morgan fingerprint density at radius 1 is 1.10 bits per heavy atom. The van der Waals surface area contributed by atoms with Gasteiger partial charge in [-0.15, -0.1) is 0 Å². The molecule has 0 aliphatic rings. The van der Waals surface area contributed by atoms with E-state index < -0.39 is 6.04 Å². The summed E-state index contributed by atoms with van der Waals surface area (Å²) in [6, 6.07) is 12.7. The molecule has 0 aliphatic heterocycles. The number of hydrogen-bond donors (Lipinski definition) is 1. The molecular weight excluding hydrogens is 380 g/mol. The third-order valence-electron chi connectivity index (χ3n) is 5.13. The van der Waals surface area contributed by atoms with E-state index in [-0.39, 0.29) is 18.4 Å². The quantitative estimate of drug-likeness (QED) is 0.647. The number of nitrogens with one attached hydrogen (secondary N) is 1. The summed E-state index contributed by atoms with van der Waals surface area (Å²) in [7, 11) is 1.60. The summed E-state index contributed by atoms with van der Waals surface area (Å²) in [6.45, 7) is 8.40. The lowest BCUT2D eigenvalue weighted by molar-refractivity contribution is -0.142. The fourth-order valence-electron chi connectivity index (χ4n) is 3.28. The third-order valence-corrected chi connectivity index (χ3v) is 5.13. The van der Waals surface area contributed by atoms with E-state index >= 15 is 0 Å². The SMILES string of the molecule is CCNC(=O)[C@H](CC)N(Cc1cccc(OC)c1)C(=O)COc1cccc(C)c1C. The van der Waals surface area contributed by atoms with Crippen LogP contribution in [0.1, 0.15) is 37.0 Å². The van der Waals surface area contributed by atoms with Gasteiger partial charge >= 0.3 is 0 Å². The lowest BCUT2D eigenvalue weighted by Crippen LogP contribution is -2.50. The minimum absolute atomic E-state index is 0.135. The minimum atomic E-state index is -0.578. The summed E-state index contributed by atoms with van der Waals surface area (Å²) in [4.78, 5) is 27.4. The van der Waals surface area contributed by atoms with Gasteiger partial charge in [0.15, 0.2) is 6.61 Å². The van der Waals surface area contributed by atoms with Crippen molar-refractivity contribution in [3.8, 4) is 11.5 Å². The van der Waals surface area contributed by atoms with Gasteiger partial charge in [-0.3, -0.25) is 9.59 Å². The van der Waals surface area contributed by atoms with Crippen LogP contribution >= 0.6 is 0 Å². The van der Waals surface area contributed by atoms with Crippen LogP contribution in [0.4, 0.5) is 0 Å². The summed E-state index contributed by atoms with van der Waals surface area (Å²) < 4.78 is 11.1. The van der Waals surface area contributed by atoms with E-state index in [0.29, 0.717) is 31.0 Å². The van der Waals surface area contributed by atoms with Gasteiger partial charge in [-0.05, 0) is 62.1 Å². The van der Waals surface area contributed by atoms with E-state index in [1.165, 1.54) is 0 Å². The molecule has 0 saturated carbocycles. The van der Waals surface area contributed by atoms with Gasteiger partial charge in [0.05, 0.1) is 7.11 Å². The highest BCUT2D eigenvalue weighted by atomic mass is 16.5. The number of amides is 2. The van der Waals surface area contributed by atoms with Crippen molar-refractivity contribution in [2.24, 2.45) is 0 Å². The predicted octanol–water partition coefficient (Wildman–Crippen LogP) is 3.63. The highest BCUT2D eigenvalue weighted by Crippen LogP contribution is 2.21. The first kappa shape index (κ1) is 23.3. The Labute approximate surface area is 179 Å². The summed E-state index contributed by atoms with van der Waals surface area (Å²) in [5, 5.41) is 2.83. The van der Waals surface area contributed by atoms with Crippen molar-refractivity contribution < 1.29 is 19.1 Å². The van der Waals surface area contributed by atoms with Gasteiger partial charge in [0.2, 0.25) is 5.91 Å². The maximum Gasteiger partial charge on any atom is 0.261 e. The van der Waals surface area contributed by atoms with Crippen LogP contribution in [-0.2, 0) is 16.1 Å². The van der Waals surface area contributed by atoms with Crippen LogP contribution in [0.25, 0.3) is 0 Å². The smallest absolute Gasteiger partial charge is 0.261 e. The van der Waals surface area contributed by atoms with E-state index in [0.717, 1.165) is 16.7 Å². The monoisotopic (exact) mass is 412 g/mol. The Morgan fingerprint density at radius 2 is 1.83 bits per heavy atom. The number of nitrogens with zero attached hydrogens (tertiary/aromatic N) is 1. The van der Waals surface area contributed by atoms with Gasteiger partial charge in [-0.1, -0.05) is 31.2 Å². The molecule has 0 saturated heterocycles. The molecule has 30 heavy (non-hydrogen) atoms. The lowest BCUT2D eigenvalue weighted by Gasteiger charge is -2.30. The van der Waals surface area contributed by atoms with Crippen LogP contribution < -0.4 is 14.8 Å². The second-order valence-corrected chi connectivity index (χ2v) is 7.18. The van der Waals surface area contributed by atoms with Crippen molar-refractivity contribution >= 4 is 11.8 Å². The first-order chi connectivity index (χ1) is 14.4. The van der Waals surface area contributed by atoms with Gasteiger partial charge in [-0.25, -0.2) is 0 Å². The zero-order chi connectivity index (χ0) is 22.1. The van der Waals surface area contributed by atoms with Crippen LogP contribution in [0.5, 0.6) is 11.5 Å². The van der Waals surface area contributed by atoms with Crippen molar-refractivity contribution in [3.63, 3.8) is 0 Å². The number of carbonyl (C=O) groups is 2. The first-order valence-corrected chi connectivity index (χ1v) is 10.3. The molecule has 6 nitrogen and oxygen atoms in total. The second kappa shape index (κ2) is 11.2. The average Bonchev–Trinajstić information content (AvgIpc) is 2.74. The topological polar surface area (TPSA) is 67.9 Å². The molecule has 0 unspecified atom stereocenters. The molecular formula is C24H32N2O4. The molecule has 2 aromatic carbocycles. The minimum Gasteiger partial charge on any atom is -0.497 e. The van der Waals surface area contributed by atoms with E-state index in [2.05, 4.69) is 5.32 Å². The van der Waals surface area contributed by atoms with Gasteiger partial charge in [-0.2, -0.15) is 0 Å². The number of methoxy groups -OCH3 is 1. The summed E-state index contributed by atoms with van der Waals surface area (Å²) in [5.41, 5.74) is 2.99. The van der Waals surface area contributed by atoms with Crippen LogP contribution in [0.3, 0.4) is 0 Å². The third kappa shape index (κ3) is 5.99. The predicted molar refractivity (Wildman–Crippen MR) is 118 cm³/mol. The Bertz CT molecular complexity index is 866. The Hall–Kier alpha value is -3.02. The standard InChI is InChI=1S/C24H32N2O4/c1-6-21(24(28)25-7-2)26(15-19-11-9-12-20(14-19)29-5)23(27)16-30-22-13-8-10-17(3)18(22)4/h8-14,21H,6-7,15-16H2,1-5H3,(H,25,28)/t21-/m0/s1. The molecule has 2 rings (SSSR count). The summed E-state index contributed by atoms with van der Waals surface area (Å²) in [5.74, 6) is 0.980. The second-order valence-electron chi connectivity index (χ2n) is 7.18. The normalized spacial score (nSPS) is 11.5. The molecule has 0 aliphatic carbocycles. The zero-order valence-corrected chi connectivity index (χ0v) is 18.5. The summed E-state index contributed by atoms with van der Waals surface area (Å²) in [6.07, 6.45) is 0.505. The molecule has 6 heteroatoms. The van der Waals surface area contributed by atoms with Gasteiger partial charge < -0.3 is 19.7 Å². The van der Waals surface area contributed by atoms with Crippen LogP contribution in [-0.4, -0.2) is 43.0 Å². The van der Waals surface area contributed by atoms with Gasteiger partial charge in [0, 0.05) is 13.1 Å². The maximum atomic E-state index is 13.2. The fourth-order valence-corrected chi connectivity index (χ4v) is 3.28. The number of rotatable bonds is 10. The summed E-state index contributed by atoms with van der Waals surface area (Å²) >= 11 is 0. The molecule has 2 amide bonds. The molecule has 162 valence electrons. The number of hydrogen-bond acceptors (Lipinski definition) is 4. The number of ether oxygens (including phenoxy) is 2. The Balaban J connectivity index is 2.25. The molecule has 1 N–H and O–H groups in total. The van der Waals surface area contributed by atoms with Crippen LogP contribution in [0, 0.1) is 13.8 Å². The van der Waals surface area contributed by atoms with Gasteiger partial charge in [0.25, 0.3) is 5.91 Å². The molecule has 0 heterocycles. The highest BCUT2D eigenvalue weighted by Gasteiger charge is 2.28. The Morgan fingerprint density at radius 3 is 2.50 bits per heavy atom. The maximum absolute atomic E-state index is 13.2. The van der Waals surface area contributed by atoms with Crippen molar-refractivity contribution in [2.45, 2.75) is 46.7 Å². The molecule has 1 atom stereocenters.